The van der Waals surface area contributed by atoms with Crippen LogP contribution in [-0.2, 0) is 4.79 Å². The van der Waals surface area contributed by atoms with Crippen LogP contribution in [0.2, 0.25) is 0 Å². The molecule has 0 atom stereocenters. The molecular weight excluding hydrogens is 316 g/mol. The van der Waals surface area contributed by atoms with Crippen LogP contribution in [-0.4, -0.2) is 61.0 Å². The Balaban J connectivity index is 1.54. The largest absolute Gasteiger partial charge is 0.322 e. The van der Waals surface area contributed by atoms with Crippen LogP contribution < -0.4 is 10.2 Å². The Bertz CT molecular complexity index is 620. The zero-order valence-corrected chi connectivity index (χ0v) is 15.2. The summed E-state index contributed by atoms with van der Waals surface area (Å²) in [5.74, 6) is -0.0356. The van der Waals surface area contributed by atoms with E-state index in [0.717, 1.165) is 37.9 Å². The standard InChI is InChI=1S/C19H28N4O2/c1-15(24)21(2)18-9-5-6-16(14-18)20-19(25)23-12-10-22(11-13-23)17-7-3-4-8-17/h5-6,9,14,17H,3-4,7-8,10-13H2,1-2H3,(H,20,25). The lowest BCUT2D eigenvalue weighted by molar-refractivity contribution is -0.116. The van der Waals surface area contributed by atoms with Crippen LogP contribution in [0.4, 0.5) is 16.2 Å². The molecule has 25 heavy (non-hydrogen) atoms. The third-order valence-electron chi connectivity index (χ3n) is 5.40. The number of amides is 3. The topological polar surface area (TPSA) is 55.9 Å². The number of urea groups is 1. The Hall–Kier alpha value is -2.08. The fourth-order valence-electron chi connectivity index (χ4n) is 3.74. The van der Waals surface area contributed by atoms with Crippen molar-refractivity contribution in [2.24, 2.45) is 0 Å². The van der Waals surface area contributed by atoms with Gasteiger partial charge in [-0.2, -0.15) is 0 Å². The number of benzene rings is 1. The van der Waals surface area contributed by atoms with E-state index in [0.29, 0.717) is 5.69 Å². The highest BCUT2D eigenvalue weighted by atomic mass is 16.2. The van der Waals surface area contributed by atoms with Gasteiger partial charge in [-0.1, -0.05) is 18.9 Å². The molecule has 1 saturated carbocycles. The first-order chi connectivity index (χ1) is 12.0. The van der Waals surface area contributed by atoms with Gasteiger partial charge in [0.05, 0.1) is 0 Å². The van der Waals surface area contributed by atoms with E-state index >= 15 is 0 Å². The first kappa shape index (κ1) is 17.7. The highest BCUT2D eigenvalue weighted by molar-refractivity contribution is 5.93. The van der Waals surface area contributed by atoms with Crippen molar-refractivity contribution in [2.45, 2.75) is 38.6 Å². The normalized spacial score (nSPS) is 19.0. The highest BCUT2D eigenvalue weighted by Gasteiger charge is 2.27. The molecule has 1 aromatic rings. The quantitative estimate of drug-likeness (QED) is 0.917. The van der Waals surface area contributed by atoms with Crippen molar-refractivity contribution in [3.05, 3.63) is 24.3 Å². The van der Waals surface area contributed by atoms with Crippen molar-refractivity contribution in [3.63, 3.8) is 0 Å². The number of piperazine rings is 1. The van der Waals surface area contributed by atoms with Gasteiger partial charge < -0.3 is 15.1 Å². The number of rotatable bonds is 3. The molecular formula is C19H28N4O2. The minimum Gasteiger partial charge on any atom is -0.322 e. The fourth-order valence-corrected chi connectivity index (χ4v) is 3.74. The van der Waals surface area contributed by atoms with Crippen molar-refractivity contribution in [1.29, 1.82) is 0 Å². The lowest BCUT2D eigenvalue weighted by atomic mass is 10.2. The first-order valence-electron chi connectivity index (χ1n) is 9.19. The summed E-state index contributed by atoms with van der Waals surface area (Å²) in [6.45, 7) is 5.00. The monoisotopic (exact) mass is 344 g/mol. The van der Waals surface area contributed by atoms with Gasteiger partial charge in [0.2, 0.25) is 5.91 Å². The van der Waals surface area contributed by atoms with E-state index in [-0.39, 0.29) is 11.9 Å². The third kappa shape index (κ3) is 4.31. The predicted molar refractivity (Wildman–Crippen MR) is 99.9 cm³/mol. The highest BCUT2D eigenvalue weighted by Crippen LogP contribution is 2.24. The van der Waals surface area contributed by atoms with Crippen molar-refractivity contribution in [2.75, 3.05) is 43.4 Å². The van der Waals surface area contributed by atoms with Crippen molar-refractivity contribution in [3.8, 4) is 0 Å². The first-order valence-corrected chi connectivity index (χ1v) is 9.19. The van der Waals surface area contributed by atoms with Crippen LogP contribution >= 0.6 is 0 Å². The van der Waals surface area contributed by atoms with Gasteiger partial charge in [-0.25, -0.2) is 4.79 Å². The van der Waals surface area contributed by atoms with Gasteiger partial charge in [0.15, 0.2) is 0 Å². The lowest BCUT2D eigenvalue weighted by Gasteiger charge is -2.38. The molecule has 1 aliphatic carbocycles. The van der Waals surface area contributed by atoms with Crippen LogP contribution in [0.3, 0.4) is 0 Å². The van der Waals surface area contributed by atoms with Gasteiger partial charge in [0.1, 0.15) is 0 Å². The Morgan fingerprint density at radius 1 is 1.12 bits per heavy atom. The molecule has 0 spiro atoms. The summed E-state index contributed by atoms with van der Waals surface area (Å²) in [5, 5.41) is 2.96. The van der Waals surface area contributed by atoms with Crippen LogP contribution in [0.5, 0.6) is 0 Å². The number of carbonyl (C=O) groups excluding carboxylic acids is 2. The van der Waals surface area contributed by atoms with Gasteiger partial charge in [-0.15, -0.1) is 0 Å². The lowest BCUT2D eigenvalue weighted by Crippen LogP contribution is -2.52. The predicted octanol–water partition coefficient (Wildman–Crippen LogP) is 2.76. The number of anilines is 2. The SMILES string of the molecule is CC(=O)N(C)c1cccc(NC(=O)N2CCN(C3CCCC3)CC2)c1. The summed E-state index contributed by atoms with van der Waals surface area (Å²) in [5.41, 5.74) is 1.49. The molecule has 0 radical (unpaired) electrons. The molecule has 0 bridgehead atoms. The number of hydrogen-bond acceptors (Lipinski definition) is 3. The van der Waals surface area contributed by atoms with Crippen molar-refractivity contribution >= 4 is 23.3 Å². The molecule has 1 aromatic carbocycles. The van der Waals surface area contributed by atoms with Gasteiger partial charge in [-0.3, -0.25) is 9.69 Å². The Labute approximate surface area is 149 Å². The maximum atomic E-state index is 12.5. The fraction of sp³-hybridized carbons (Fsp3) is 0.579. The third-order valence-corrected chi connectivity index (χ3v) is 5.40. The Morgan fingerprint density at radius 2 is 1.80 bits per heavy atom. The molecule has 136 valence electrons. The molecule has 1 saturated heterocycles. The molecule has 3 rings (SSSR count). The zero-order valence-electron chi connectivity index (χ0n) is 15.2. The van der Waals surface area contributed by atoms with E-state index in [1.54, 1.807) is 11.9 Å². The zero-order chi connectivity index (χ0) is 17.8. The summed E-state index contributed by atoms with van der Waals surface area (Å²) in [7, 11) is 1.73. The van der Waals surface area contributed by atoms with Gasteiger partial charge >= 0.3 is 6.03 Å². The second-order valence-corrected chi connectivity index (χ2v) is 7.02. The smallest absolute Gasteiger partial charge is 0.321 e. The summed E-state index contributed by atoms with van der Waals surface area (Å²) in [6, 6.07) is 8.05. The van der Waals surface area contributed by atoms with E-state index in [1.165, 1.54) is 32.6 Å². The van der Waals surface area contributed by atoms with E-state index in [2.05, 4.69) is 10.2 Å². The summed E-state index contributed by atoms with van der Waals surface area (Å²) < 4.78 is 0. The maximum absolute atomic E-state index is 12.5. The molecule has 0 unspecified atom stereocenters. The Morgan fingerprint density at radius 3 is 2.44 bits per heavy atom. The Kier molecular flexibility index (Phi) is 5.58. The molecule has 6 nitrogen and oxygen atoms in total. The molecule has 3 amide bonds. The van der Waals surface area contributed by atoms with E-state index in [1.807, 2.05) is 29.2 Å². The molecule has 0 aromatic heterocycles. The van der Waals surface area contributed by atoms with Gasteiger partial charge in [-0.05, 0) is 31.0 Å². The molecule has 2 aliphatic rings. The van der Waals surface area contributed by atoms with Crippen molar-refractivity contribution < 1.29 is 9.59 Å². The molecule has 1 heterocycles. The second-order valence-electron chi connectivity index (χ2n) is 7.02. The number of hydrogen-bond donors (Lipinski definition) is 1. The van der Waals surface area contributed by atoms with E-state index < -0.39 is 0 Å². The molecule has 1 N–H and O–H groups in total. The number of carbonyl (C=O) groups is 2. The average molecular weight is 344 g/mol. The van der Waals surface area contributed by atoms with Crippen LogP contribution in [0.15, 0.2) is 24.3 Å². The second kappa shape index (κ2) is 7.87. The van der Waals surface area contributed by atoms with Gasteiger partial charge in [0, 0.05) is 57.6 Å². The summed E-state index contributed by atoms with van der Waals surface area (Å²) >= 11 is 0. The van der Waals surface area contributed by atoms with E-state index in [9.17, 15) is 9.59 Å². The minimum atomic E-state index is -0.0614. The summed E-state index contributed by atoms with van der Waals surface area (Å²) in [6.07, 6.45) is 5.30. The van der Waals surface area contributed by atoms with Crippen LogP contribution in [0.25, 0.3) is 0 Å². The number of nitrogens with one attached hydrogen (secondary N) is 1. The molecule has 2 fully saturated rings. The van der Waals surface area contributed by atoms with Crippen LogP contribution in [0.1, 0.15) is 32.6 Å². The molecule has 1 aliphatic heterocycles. The average Bonchev–Trinajstić information content (AvgIpc) is 3.16. The van der Waals surface area contributed by atoms with Crippen LogP contribution in [0, 0.1) is 0 Å². The summed E-state index contributed by atoms with van der Waals surface area (Å²) in [4.78, 5) is 30.0. The minimum absolute atomic E-state index is 0.0356. The maximum Gasteiger partial charge on any atom is 0.321 e. The van der Waals surface area contributed by atoms with Gasteiger partial charge in [0.25, 0.3) is 0 Å². The van der Waals surface area contributed by atoms with E-state index in [4.69, 9.17) is 0 Å². The van der Waals surface area contributed by atoms with Crippen molar-refractivity contribution in [1.82, 2.24) is 9.80 Å². The molecule has 6 heteroatoms. The number of nitrogens with zero attached hydrogens (tertiary/aromatic N) is 3.